The predicted molar refractivity (Wildman–Crippen MR) is 101 cm³/mol. The van der Waals surface area contributed by atoms with Crippen LogP contribution in [0.25, 0.3) is 10.8 Å². The molecular weight excluding hydrogens is 330 g/mol. The fraction of sp³-hybridized carbons (Fsp3) is 0.100. The average molecular weight is 347 g/mol. The molecule has 3 aromatic rings. The highest BCUT2D eigenvalue weighted by Crippen LogP contribution is 2.19. The first-order chi connectivity index (χ1) is 12.5. The Kier molecular flexibility index (Phi) is 5.03. The average Bonchev–Trinajstić information content (AvgIpc) is 2.66. The van der Waals surface area contributed by atoms with Crippen LogP contribution in [-0.2, 0) is 11.2 Å². The summed E-state index contributed by atoms with van der Waals surface area (Å²) in [7, 11) is 0. The van der Waals surface area contributed by atoms with Crippen LogP contribution in [0, 0.1) is 10.1 Å². The van der Waals surface area contributed by atoms with Gasteiger partial charge in [-0.25, -0.2) is 5.43 Å². The van der Waals surface area contributed by atoms with Crippen molar-refractivity contribution in [1.82, 2.24) is 5.43 Å². The first kappa shape index (κ1) is 17.3. The molecule has 0 saturated heterocycles. The molecule has 26 heavy (non-hydrogen) atoms. The van der Waals surface area contributed by atoms with E-state index >= 15 is 0 Å². The van der Waals surface area contributed by atoms with Gasteiger partial charge in [-0.1, -0.05) is 42.5 Å². The van der Waals surface area contributed by atoms with Crippen molar-refractivity contribution in [3.63, 3.8) is 0 Å². The van der Waals surface area contributed by atoms with Crippen molar-refractivity contribution in [1.29, 1.82) is 0 Å². The Balaban J connectivity index is 1.69. The van der Waals surface area contributed by atoms with Gasteiger partial charge in [0.15, 0.2) is 0 Å². The molecule has 0 aliphatic heterocycles. The normalized spacial score (nSPS) is 11.3. The lowest BCUT2D eigenvalue weighted by molar-refractivity contribution is -0.384. The van der Waals surface area contributed by atoms with Gasteiger partial charge in [0.2, 0.25) is 5.91 Å². The van der Waals surface area contributed by atoms with Crippen LogP contribution in [0.15, 0.2) is 71.8 Å². The second kappa shape index (κ2) is 7.57. The minimum absolute atomic E-state index is 0.0153. The van der Waals surface area contributed by atoms with Crippen LogP contribution in [0.5, 0.6) is 0 Å². The third kappa shape index (κ3) is 3.92. The molecule has 1 N–H and O–H groups in total. The Morgan fingerprint density at radius 2 is 1.73 bits per heavy atom. The van der Waals surface area contributed by atoms with Gasteiger partial charge in [0, 0.05) is 12.1 Å². The van der Waals surface area contributed by atoms with Gasteiger partial charge in [0.25, 0.3) is 5.69 Å². The monoisotopic (exact) mass is 347 g/mol. The summed E-state index contributed by atoms with van der Waals surface area (Å²) in [4.78, 5) is 22.5. The maximum atomic E-state index is 12.2. The van der Waals surface area contributed by atoms with Gasteiger partial charge in [-0.05, 0) is 41.0 Å². The third-order valence-electron chi connectivity index (χ3n) is 4.08. The molecule has 0 saturated carbocycles. The lowest BCUT2D eigenvalue weighted by Crippen LogP contribution is -2.21. The van der Waals surface area contributed by atoms with Crippen molar-refractivity contribution in [2.75, 3.05) is 0 Å². The number of hydrogen-bond acceptors (Lipinski definition) is 4. The molecule has 6 nitrogen and oxygen atoms in total. The first-order valence-corrected chi connectivity index (χ1v) is 8.09. The zero-order chi connectivity index (χ0) is 18.5. The summed E-state index contributed by atoms with van der Waals surface area (Å²) in [5, 5.41) is 16.9. The summed E-state index contributed by atoms with van der Waals surface area (Å²) in [6.07, 6.45) is 0.221. The molecule has 0 spiro atoms. The molecule has 0 heterocycles. The number of nitro groups is 1. The van der Waals surface area contributed by atoms with Crippen LogP contribution in [-0.4, -0.2) is 16.5 Å². The second-order valence-corrected chi connectivity index (χ2v) is 5.85. The van der Waals surface area contributed by atoms with Crippen LogP contribution in [0.2, 0.25) is 0 Å². The van der Waals surface area contributed by atoms with E-state index in [1.54, 1.807) is 19.1 Å². The fourth-order valence-corrected chi connectivity index (χ4v) is 2.69. The van der Waals surface area contributed by atoms with E-state index < -0.39 is 4.92 Å². The molecule has 0 atom stereocenters. The van der Waals surface area contributed by atoms with Gasteiger partial charge in [0.1, 0.15) is 0 Å². The van der Waals surface area contributed by atoms with Gasteiger partial charge in [-0.3, -0.25) is 14.9 Å². The lowest BCUT2D eigenvalue weighted by Gasteiger charge is -2.06. The minimum Gasteiger partial charge on any atom is -0.273 e. The molecule has 0 aromatic heterocycles. The van der Waals surface area contributed by atoms with Crippen molar-refractivity contribution in [2.45, 2.75) is 13.3 Å². The Bertz CT molecular complexity index is 989. The molecule has 0 aliphatic carbocycles. The maximum Gasteiger partial charge on any atom is 0.269 e. The number of nitro benzene ring substituents is 1. The highest BCUT2D eigenvalue weighted by atomic mass is 16.6. The number of hydrogen-bond donors (Lipinski definition) is 1. The highest BCUT2D eigenvalue weighted by molar-refractivity contribution is 5.99. The van der Waals surface area contributed by atoms with Crippen molar-refractivity contribution in [3.8, 4) is 0 Å². The number of carbonyl (C=O) groups excluding carboxylic acids is 1. The van der Waals surface area contributed by atoms with E-state index in [2.05, 4.69) is 10.5 Å². The van der Waals surface area contributed by atoms with E-state index in [4.69, 9.17) is 0 Å². The van der Waals surface area contributed by atoms with Crippen LogP contribution >= 0.6 is 0 Å². The molecule has 0 fully saturated rings. The molecule has 1 amide bonds. The van der Waals surface area contributed by atoms with Crippen LogP contribution in [0.4, 0.5) is 5.69 Å². The Morgan fingerprint density at radius 3 is 2.46 bits per heavy atom. The Labute approximate surface area is 150 Å². The molecule has 3 aromatic carbocycles. The number of fused-ring (bicyclic) bond motifs is 1. The smallest absolute Gasteiger partial charge is 0.269 e. The van der Waals surface area contributed by atoms with Gasteiger partial charge < -0.3 is 0 Å². The molecule has 0 radical (unpaired) electrons. The number of amides is 1. The summed E-state index contributed by atoms with van der Waals surface area (Å²) >= 11 is 0. The molecule has 130 valence electrons. The van der Waals surface area contributed by atoms with Crippen LogP contribution < -0.4 is 5.43 Å². The molecule has 3 rings (SSSR count). The second-order valence-electron chi connectivity index (χ2n) is 5.85. The van der Waals surface area contributed by atoms with E-state index in [0.717, 1.165) is 16.3 Å². The van der Waals surface area contributed by atoms with Gasteiger partial charge >= 0.3 is 0 Å². The van der Waals surface area contributed by atoms with Crippen molar-refractivity contribution >= 4 is 28.1 Å². The summed E-state index contributed by atoms with van der Waals surface area (Å²) in [6.45, 7) is 1.74. The predicted octanol–water partition coefficient (Wildman–Crippen LogP) is 3.83. The van der Waals surface area contributed by atoms with E-state index in [1.807, 2.05) is 42.5 Å². The quantitative estimate of drug-likeness (QED) is 0.432. The summed E-state index contributed by atoms with van der Waals surface area (Å²) in [5.74, 6) is -0.220. The number of benzene rings is 3. The zero-order valence-electron chi connectivity index (χ0n) is 14.2. The molecular formula is C20H17N3O3. The van der Waals surface area contributed by atoms with Crippen LogP contribution in [0.1, 0.15) is 18.1 Å². The topological polar surface area (TPSA) is 84.6 Å². The lowest BCUT2D eigenvalue weighted by atomic mass is 10.0. The molecule has 0 bridgehead atoms. The standard InChI is InChI=1S/C20H17N3O3/c1-14(15-9-11-18(12-10-15)23(25)26)21-22-20(24)13-17-7-4-6-16-5-2-3-8-19(16)17/h2-12H,13H2,1H3,(H,22,24)/b21-14+. The zero-order valence-corrected chi connectivity index (χ0v) is 14.2. The Morgan fingerprint density at radius 1 is 1.04 bits per heavy atom. The minimum atomic E-state index is -0.456. The van der Waals surface area contributed by atoms with Gasteiger partial charge in [-0.15, -0.1) is 0 Å². The van der Waals surface area contributed by atoms with Crippen molar-refractivity contribution < 1.29 is 9.72 Å². The Hall–Kier alpha value is -3.54. The van der Waals surface area contributed by atoms with Crippen LogP contribution in [0.3, 0.4) is 0 Å². The summed E-state index contributed by atoms with van der Waals surface area (Å²) < 4.78 is 0. The van der Waals surface area contributed by atoms with Crippen molar-refractivity contribution in [3.05, 3.63) is 88.0 Å². The number of rotatable bonds is 5. The number of carbonyl (C=O) groups is 1. The number of nitrogens with one attached hydrogen (secondary N) is 1. The van der Waals surface area contributed by atoms with E-state index in [-0.39, 0.29) is 18.0 Å². The SMILES string of the molecule is C/C(=N\NC(=O)Cc1cccc2ccccc12)c1ccc([N+](=O)[O-])cc1. The van der Waals surface area contributed by atoms with Crippen molar-refractivity contribution in [2.24, 2.45) is 5.10 Å². The largest absolute Gasteiger partial charge is 0.273 e. The fourth-order valence-electron chi connectivity index (χ4n) is 2.69. The number of nitrogens with zero attached hydrogens (tertiary/aromatic N) is 2. The highest BCUT2D eigenvalue weighted by Gasteiger charge is 2.08. The maximum absolute atomic E-state index is 12.2. The van der Waals surface area contributed by atoms with Gasteiger partial charge in [0.05, 0.1) is 17.1 Å². The third-order valence-corrected chi connectivity index (χ3v) is 4.08. The van der Waals surface area contributed by atoms with Gasteiger partial charge in [-0.2, -0.15) is 5.10 Å². The summed E-state index contributed by atoms with van der Waals surface area (Å²) in [5.41, 5.74) is 4.78. The summed E-state index contributed by atoms with van der Waals surface area (Å²) in [6, 6.07) is 19.8. The molecule has 0 unspecified atom stereocenters. The first-order valence-electron chi connectivity index (χ1n) is 8.09. The van der Waals surface area contributed by atoms with E-state index in [9.17, 15) is 14.9 Å². The number of non-ortho nitro benzene ring substituents is 1. The molecule has 0 aliphatic rings. The molecule has 6 heteroatoms. The van der Waals surface area contributed by atoms with E-state index in [1.165, 1.54) is 12.1 Å². The number of hydrazone groups is 1. The van der Waals surface area contributed by atoms with E-state index in [0.29, 0.717) is 11.3 Å².